The summed E-state index contributed by atoms with van der Waals surface area (Å²) >= 11 is 1.19. The van der Waals surface area contributed by atoms with Crippen LogP contribution in [0.2, 0.25) is 0 Å². The first-order valence-corrected chi connectivity index (χ1v) is 8.82. The normalized spacial score (nSPS) is 10.4. The van der Waals surface area contributed by atoms with E-state index in [9.17, 15) is 9.18 Å². The van der Waals surface area contributed by atoms with Crippen molar-refractivity contribution in [3.63, 3.8) is 0 Å². The first-order chi connectivity index (χ1) is 12.6. The van der Waals surface area contributed by atoms with Crippen LogP contribution in [0.5, 0.6) is 5.75 Å². The smallest absolute Gasteiger partial charge is 0.325 e. The van der Waals surface area contributed by atoms with Crippen molar-refractivity contribution in [2.75, 3.05) is 10.6 Å². The Morgan fingerprint density at radius 1 is 1.12 bits per heavy atom. The lowest BCUT2D eigenvalue weighted by molar-refractivity contribution is 0.262. The van der Waals surface area contributed by atoms with Crippen LogP contribution in [0.4, 0.5) is 20.0 Å². The van der Waals surface area contributed by atoms with Crippen LogP contribution in [0.3, 0.4) is 0 Å². The van der Waals surface area contributed by atoms with E-state index in [2.05, 4.69) is 27.8 Å². The van der Waals surface area contributed by atoms with Gasteiger partial charge in [-0.2, -0.15) is 0 Å². The van der Waals surface area contributed by atoms with E-state index in [1.54, 1.807) is 12.1 Å². The van der Waals surface area contributed by atoms with Crippen LogP contribution in [-0.2, 0) is 13.0 Å². The number of amides is 2. The van der Waals surface area contributed by atoms with Gasteiger partial charge in [0.05, 0.1) is 5.69 Å². The lowest BCUT2D eigenvalue weighted by atomic mass is 10.2. The molecule has 1 aromatic heterocycles. The summed E-state index contributed by atoms with van der Waals surface area (Å²) in [4.78, 5) is 11.9. The number of carbonyl (C=O) groups excluding carboxylic acids is 1. The molecule has 0 aliphatic heterocycles. The predicted molar refractivity (Wildman–Crippen MR) is 99.1 cm³/mol. The van der Waals surface area contributed by atoms with Crippen molar-refractivity contribution in [2.45, 2.75) is 20.0 Å². The van der Waals surface area contributed by atoms with E-state index in [4.69, 9.17) is 4.74 Å². The summed E-state index contributed by atoms with van der Waals surface area (Å²) < 4.78 is 19.2. The van der Waals surface area contributed by atoms with Crippen LogP contribution in [0.25, 0.3) is 0 Å². The Balaban J connectivity index is 1.52. The van der Waals surface area contributed by atoms with Gasteiger partial charge in [-0.15, -0.1) is 10.2 Å². The molecule has 0 unspecified atom stereocenters. The average Bonchev–Trinajstić information content (AvgIpc) is 3.09. The lowest BCUT2D eigenvalue weighted by Gasteiger charge is -2.05. The highest BCUT2D eigenvalue weighted by Gasteiger charge is 2.10. The van der Waals surface area contributed by atoms with Crippen LogP contribution in [0.15, 0.2) is 48.5 Å². The quantitative estimate of drug-likeness (QED) is 0.670. The molecule has 0 bridgehead atoms. The number of hydrogen-bond acceptors (Lipinski definition) is 5. The number of nitrogens with zero attached hydrogens (tertiary/aromatic N) is 2. The molecule has 8 heteroatoms. The molecule has 6 nitrogen and oxygen atoms in total. The van der Waals surface area contributed by atoms with Gasteiger partial charge in [-0.25, -0.2) is 9.18 Å². The third-order valence-electron chi connectivity index (χ3n) is 3.50. The number of hydrogen-bond donors (Lipinski definition) is 2. The molecular formula is C18H17FN4O2S. The zero-order valence-electron chi connectivity index (χ0n) is 14.0. The van der Waals surface area contributed by atoms with E-state index in [-0.39, 0.29) is 12.3 Å². The number of nitrogens with one attached hydrogen (secondary N) is 2. The summed E-state index contributed by atoms with van der Waals surface area (Å²) in [5.41, 5.74) is 1.33. The molecule has 0 saturated heterocycles. The zero-order chi connectivity index (χ0) is 18.4. The van der Waals surface area contributed by atoms with Crippen LogP contribution in [0, 0.1) is 5.82 Å². The fourth-order valence-corrected chi connectivity index (χ4v) is 2.79. The van der Waals surface area contributed by atoms with Crippen molar-refractivity contribution < 1.29 is 13.9 Å². The standard InChI is InChI=1S/C18H17FN4O2S/c1-2-12-7-9-13(10-8-12)25-11-16-22-23-18(26-16)21-17(24)20-15-6-4-3-5-14(15)19/h3-10H,2,11H2,1H3,(H2,20,21,23,24). The molecule has 0 spiro atoms. The number of ether oxygens (including phenoxy) is 1. The highest BCUT2D eigenvalue weighted by atomic mass is 32.1. The van der Waals surface area contributed by atoms with Crippen LogP contribution in [-0.4, -0.2) is 16.2 Å². The molecule has 3 aromatic rings. The van der Waals surface area contributed by atoms with Crippen molar-refractivity contribution in [3.8, 4) is 5.75 Å². The van der Waals surface area contributed by atoms with E-state index >= 15 is 0 Å². The molecule has 0 fully saturated rings. The first kappa shape index (κ1) is 17.8. The monoisotopic (exact) mass is 372 g/mol. The maximum Gasteiger partial charge on any atom is 0.325 e. The summed E-state index contributed by atoms with van der Waals surface area (Å²) in [6, 6.07) is 13.2. The number of anilines is 2. The molecule has 2 aromatic carbocycles. The Bertz CT molecular complexity index is 883. The third-order valence-corrected chi connectivity index (χ3v) is 4.32. The Labute approximate surface area is 154 Å². The van der Waals surface area contributed by atoms with Gasteiger partial charge in [0.15, 0.2) is 5.01 Å². The van der Waals surface area contributed by atoms with Crippen LogP contribution >= 0.6 is 11.3 Å². The fourth-order valence-electron chi connectivity index (χ4n) is 2.14. The largest absolute Gasteiger partial charge is 0.486 e. The van der Waals surface area contributed by atoms with Gasteiger partial charge in [-0.05, 0) is 36.2 Å². The molecular weight excluding hydrogens is 355 g/mol. The highest BCUT2D eigenvalue weighted by Crippen LogP contribution is 2.19. The molecule has 2 N–H and O–H groups in total. The Kier molecular flexibility index (Phi) is 5.75. The molecule has 0 aliphatic rings. The Hall–Kier alpha value is -3.00. The number of halogens is 1. The first-order valence-electron chi connectivity index (χ1n) is 8.00. The van der Waals surface area contributed by atoms with Crippen LogP contribution in [0.1, 0.15) is 17.5 Å². The molecule has 26 heavy (non-hydrogen) atoms. The zero-order valence-corrected chi connectivity index (χ0v) is 14.8. The minimum atomic E-state index is -0.589. The Morgan fingerprint density at radius 3 is 2.62 bits per heavy atom. The summed E-state index contributed by atoms with van der Waals surface area (Å²) in [7, 11) is 0. The summed E-state index contributed by atoms with van der Waals surface area (Å²) in [6.07, 6.45) is 0.973. The van der Waals surface area contributed by atoms with Gasteiger partial charge in [0, 0.05) is 0 Å². The fraction of sp³-hybridized carbons (Fsp3) is 0.167. The molecule has 0 radical (unpaired) electrons. The molecule has 3 rings (SSSR count). The average molecular weight is 372 g/mol. The van der Waals surface area contributed by atoms with E-state index in [1.807, 2.05) is 24.3 Å². The number of rotatable bonds is 6. The number of carbonyl (C=O) groups is 1. The molecule has 1 heterocycles. The van der Waals surface area contributed by atoms with E-state index < -0.39 is 11.8 Å². The van der Waals surface area contributed by atoms with Gasteiger partial charge in [0.1, 0.15) is 18.2 Å². The molecule has 0 aliphatic carbocycles. The van der Waals surface area contributed by atoms with E-state index in [0.717, 1.165) is 12.2 Å². The van der Waals surface area contributed by atoms with Gasteiger partial charge < -0.3 is 10.1 Å². The topological polar surface area (TPSA) is 76.1 Å². The number of aryl methyl sites for hydroxylation is 1. The van der Waals surface area contributed by atoms with Crippen molar-refractivity contribution >= 4 is 28.2 Å². The van der Waals surface area contributed by atoms with Crippen molar-refractivity contribution in [1.29, 1.82) is 0 Å². The van der Waals surface area contributed by atoms with Crippen molar-refractivity contribution in [3.05, 3.63) is 64.9 Å². The van der Waals surface area contributed by atoms with Gasteiger partial charge >= 0.3 is 6.03 Å². The maximum absolute atomic E-state index is 13.5. The minimum absolute atomic E-state index is 0.0913. The second kappa shape index (κ2) is 8.39. The third kappa shape index (κ3) is 4.76. The van der Waals surface area contributed by atoms with Gasteiger partial charge in [0.2, 0.25) is 5.13 Å². The molecule has 2 amide bonds. The second-order valence-corrected chi connectivity index (χ2v) is 6.41. The van der Waals surface area contributed by atoms with Gasteiger partial charge in [-0.3, -0.25) is 5.32 Å². The van der Waals surface area contributed by atoms with Gasteiger partial charge in [-0.1, -0.05) is 42.5 Å². The summed E-state index contributed by atoms with van der Waals surface area (Å²) in [5.74, 6) is 0.229. The number of para-hydroxylation sites is 1. The van der Waals surface area contributed by atoms with Gasteiger partial charge in [0.25, 0.3) is 0 Å². The van der Waals surface area contributed by atoms with E-state index in [0.29, 0.717) is 10.1 Å². The predicted octanol–water partition coefficient (Wildman–Crippen LogP) is 4.46. The van der Waals surface area contributed by atoms with Crippen molar-refractivity contribution in [2.24, 2.45) is 0 Å². The maximum atomic E-state index is 13.5. The van der Waals surface area contributed by atoms with Crippen LogP contribution < -0.4 is 15.4 Å². The SMILES string of the molecule is CCc1ccc(OCc2nnc(NC(=O)Nc3ccccc3F)s2)cc1. The molecule has 0 saturated carbocycles. The van der Waals surface area contributed by atoms with E-state index in [1.165, 1.54) is 29.0 Å². The number of benzene rings is 2. The molecule has 0 atom stereocenters. The molecule has 134 valence electrons. The summed E-state index contributed by atoms with van der Waals surface area (Å²) in [5, 5.41) is 13.7. The van der Waals surface area contributed by atoms with Crippen molar-refractivity contribution in [1.82, 2.24) is 10.2 Å². The minimum Gasteiger partial charge on any atom is -0.486 e. The number of aromatic nitrogens is 2. The second-order valence-electron chi connectivity index (χ2n) is 5.35. The highest BCUT2D eigenvalue weighted by molar-refractivity contribution is 7.15. The number of urea groups is 1. The Morgan fingerprint density at radius 2 is 1.88 bits per heavy atom. The lowest BCUT2D eigenvalue weighted by Crippen LogP contribution is -2.19. The summed E-state index contributed by atoms with van der Waals surface area (Å²) in [6.45, 7) is 2.34.